The summed E-state index contributed by atoms with van der Waals surface area (Å²) in [7, 11) is 1.18. The predicted molar refractivity (Wildman–Crippen MR) is 63.2 cm³/mol. The average molecular weight is 270 g/mol. The summed E-state index contributed by atoms with van der Waals surface area (Å²) in [5.74, 6) is -1.95. The van der Waals surface area contributed by atoms with E-state index < -0.39 is 17.6 Å². The van der Waals surface area contributed by atoms with Crippen molar-refractivity contribution >= 4 is 22.3 Å². The van der Waals surface area contributed by atoms with Crippen molar-refractivity contribution in [3.8, 4) is 10.6 Å². The van der Waals surface area contributed by atoms with Crippen LogP contribution in [0.5, 0.6) is 0 Å². The average Bonchev–Trinajstić information content (AvgIpc) is 2.73. The van der Waals surface area contributed by atoms with Gasteiger partial charge in [0.2, 0.25) is 0 Å². The van der Waals surface area contributed by atoms with Crippen molar-refractivity contribution < 1.29 is 18.3 Å². The van der Waals surface area contributed by atoms with E-state index in [-0.39, 0.29) is 21.3 Å². The molecule has 2 aromatic rings. The third-order valence-electron chi connectivity index (χ3n) is 2.19. The standard InChI is InChI=1S/C11H8F2N2O2S/c1-17-11(16)8-9(14)18-10(15-8)6-4-5(12)2-3-7(6)13/h2-4H,14H2,1H3. The van der Waals surface area contributed by atoms with Crippen LogP contribution in [0.2, 0.25) is 0 Å². The van der Waals surface area contributed by atoms with Gasteiger partial charge in [-0.05, 0) is 18.2 Å². The Balaban J connectivity index is 2.52. The summed E-state index contributed by atoms with van der Waals surface area (Å²) in [5, 5.41) is 0.227. The molecule has 0 aliphatic heterocycles. The number of hydrogen-bond donors (Lipinski definition) is 1. The summed E-state index contributed by atoms with van der Waals surface area (Å²) in [4.78, 5) is 15.2. The number of anilines is 1. The lowest BCUT2D eigenvalue weighted by atomic mass is 10.2. The van der Waals surface area contributed by atoms with Gasteiger partial charge in [-0.1, -0.05) is 11.3 Å². The summed E-state index contributed by atoms with van der Waals surface area (Å²) in [6.07, 6.45) is 0. The van der Waals surface area contributed by atoms with Crippen LogP contribution in [-0.2, 0) is 4.74 Å². The smallest absolute Gasteiger partial charge is 0.359 e. The fraction of sp³-hybridized carbons (Fsp3) is 0.0909. The second-order valence-corrected chi connectivity index (χ2v) is 4.38. The number of carbonyl (C=O) groups is 1. The molecular formula is C11H8F2N2O2S. The van der Waals surface area contributed by atoms with Gasteiger partial charge in [0.1, 0.15) is 21.6 Å². The molecule has 0 saturated heterocycles. The lowest BCUT2D eigenvalue weighted by Crippen LogP contribution is -2.04. The Morgan fingerprint density at radius 3 is 2.83 bits per heavy atom. The van der Waals surface area contributed by atoms with E-state index in [0.29, 0.717) is 0 Å². The highest BCUT2D eigenvalue weighted by Gasteiger charge is 2.19. The molecule has 0 saturated carbocycles. The first-order chi connectivity index (χ1) is 8.52. The molecule has 1 aromatic carbocycles. The lowest BCUT2D eigenvalue weighted by Gasteiger charge is -1.98. The van der Waals surface area contributed by atoms with E-state index in [1.165, 1.54) is 7.11 Å². The van der Waals surface area contributed by atoms with E-state index in [0.717, 1.165) is 29.5 Å². The highest BCUT2D eigenvalue weighted by molar-refractivity contribution is 7.19. The number of ether oxygens (including phenoxy) is 1. The molecule has 1 aromatic heterocycles. The second kappa shape index (κ2) is 4.69. The van der Waals surface area contributed by atoms with Gasteiger partial charge in [-0.2, -0.15) is 0 Å². The minimum atomic E-state index is -0.716. The zero-order valence-electron chi connectivity index (χ0n) is 9.24. The quantitative estimate of drug-likeness (QED) is 0.851. The Morgan fingerprint density at radius 2 is 2.17 bits per heavy atom. The van der Waals surface area contributed by atoms with Crippen molar-refractivity contribution in [2.75, 3.05) is 12.8 Å². The fourth-order valence-electron chi connectivity index (χ4n) is 1.35. The van der Waals surface area contributed by atoms with Gasteiger partial charge in [0.25, 0.3) is 0 Å². The van der Waals surface area contributed by atoms with E-state index in [1.807, 2.05) is 0 Å². The minimum absolute atomic E-state index is 0.0400. The zero-order valence-corrected chi connectivity index (χ0v) is 10.1. The van der Waals surface area contributed by atoms with Crippen LogP contribution in [0, 0.1) is 11.6 Å². The Kier molecular flexibility index (Phi) is 3.24. The molecule has 2 rings (SSSR count). The summed E-state index contributed by atoms with van der Waals surface area (Å²) in [6.45, 7) is 0. The van der Waals surface area contributed by atoms with Crippen LogP contribution in [0.15, 0.2) is 18.2 Å². The SMILES string of the molecule is COC(=O)c1nc(-c2cc(F)ccc2F)sc1N. The van der Waals surface area contributed by atoms with Crippen LogP contribution in [0.4, 0.5) is 13.8 Å². The molecule has 0 aliphatic carbocycles. The maximum atomic E-state index is 13.5. The number of hydrogen-bond acceptors (Lipinski definition) is 5. The molecule has 2 N–H and O–H groups in total. The van der Waals surface area contributed by atoms with Gasteiger partial charge in [0, 0.05) is 5.56 Å². The highest BCUT2D eigenvalue weighted by Crippen LogP contribution is 2.32. The molecule has 0 spiro atoms. The van der Waals surface area contributed by atoms with E-state index in [2.05, 4.69) is 9.72 Å². The molecule has 94 valence electrons. The number of thiazole rings is 1. The van der Waals surface area contributed by atoms with Gasteiger partial charge in [0.15, 0.2) is 5.69 Å². The molecule has 18 heavy (non-hydrogen) atoms. The molecule has 0 bridgehead atoms. The largest absolute Gasteiger partial charge is 0.464 e. The summed E-state index contributed by atoms with van der Waals surface area (Å²) in [6, 6.07) is 2.98. The lowest BCUT2D eigenvalue weighted by molar-refractivity contribution is 0.0596. The predicted octanol–water partition coefficient (Wildman–Crippen LogP) is 2.46. The first kappa shape index (κ1) is 12.4. The number of nitrogens with zero attached hydrogens (tertiary/aromatic N) is 1. The molecule has 0 aliphatic rings. The van der Waals surface area contributed by atoms with Crippen molar-refractivity contribution in [2.45, 2.75) is 0 Å². The van der Waals surface area contributed by atoms with Crippen LogP contribution in [0.1, 0.15) is 10.5 Å². The number of rotatable bonds is 2. The minimum Gasteiger partial charge on any atom is -0.464 e. The first-order valence-corrected chi connectivity index (χ1v) is 5.64. The number of carbonyl (C=O) groups excluding carboxylic acids is 1. The van der Waals surface area contributed by atoms with Crippen molar-refractivity contribution in [1.82, 2.24) is 4.98 Å². The fourth-order valence-corrected chi connectivity index (χ4v) is 2.19. The molecule has 1 heterocycles. The molecule has 0 amide bonds. The van der Waals surface area contributed by atoms with Gasteiger partial charge in [0.05, 0.1) is 7.11 Å². The van der Waals surface area contributed by atoms with Gasteiger partial charge in [-0.3, -0.25) is 0 Å². The Morgan fingerprint density at radius 1 is 1.44 bits per heavy atom. The molecular weight excluding hydrogens is 262 g/mol. The van der Waals surface area contributed by atoms with Crippen LogP contribution >= 0.6 is 11.3 Å². The van der Waals surface area contributed by atoms with E-state index in [9.17, 15) is 13.6 Å². The van der Waals surface area contributed by atoms with Gasteiger partial charge < -0.3 is 10.5 Å². The monoisotopic (exact) mass is 270 g/mol. The topological polar surface area (TPSA) is 65.2 Å². The van der Waals surface area contributed by atoms with Crippen LogP contribution < -0.4 is 5.73 Å². The van der Waals surface area contributed by atoms with Crippen molar-refractivity contribution in [3.63, 3.8) is 0 Å². The van der Waals surface area contributed by atoms with E-state index >= 15 is 0 Å². The molecule has 0 unspecified atom stereocenters. The normalized spacial score (nSPS) is 10.4. The zero-order chi connectivity index (χ0) is 13.3. The molecule has 4 nitrogen and oxygen atoms in total. The molecule has 0 atom stereocenters. The van der Waals surface area contributed by atoms with Crippen LogP contribution in [0.3, 0.4) is 0 Å². The summed E-state index contributed by atoms with van der Waals surface area (Å²) in [5.41, 5.74) is 5.45. The summed E-state index contributed by atoms with van der Waals surface area (Å²) < 4.78 is 31.1. The van der Waals surface area contributed by atoms with Crippen LogP contribution in [-0.4, -0.2) is 18.1 Å². The molecule has 0 fully saturated rings. The van der Waals surface area contributed by atoms with Crippen LogP contribution in [0.25, 0.3) is 10.6 Å². The Bertz CT molecular complexity index is 613. The third kappa shape index (κ3) is 2.17. The number of methoxy groups -OCH3 is 1. The van der Waals surface area contributed by atoms with E-state index in [4.69, 9.17) is 5.73 Å². The van der Waals surface area contributed by atoms with Gasteiger partial charge in [-0.25, -0.2) is 18.6 Å². The third-order valence-corrected chi connectivity index (χ3v) is 3.11. The number of benzene rings is 1. The van der Waals surface area contributed by atoms with Crippen molar-refractivity contribution in [3.05, 3.63) is 35.5 Å². The number of nitrogens with two attached hydrogens (primary N) is 1. The second-order valence-electron chi connectivity index (χ2n) is 3.35. The Hall–Kier alpha value is -2.02. The van der Waals surface area contributed by atoms with Gasteiger partial charge in [-0.15, -0.1) is 0 Å². The first-order valence-electron chi connectivity index (χ1n) is 4.83. The Labute approximate surface area is 105 Å². The maximum Gasteiger partial charge on any atom is 0.359 e. The highest BCUT2D eigenvalue weighted by atomic mass is 32.1. The number of nitrogen functional groups attached to an aromatic ring is 1. The number of halogens is 2. The maximum absolute atomic E-state index is 13.5. The number of aromatic nitrogens is 1. The molecule has 7 heteroatoms. The van der Waals surface area contributed by atoms with Gasteiger partial charge >= 0.3 is 5.97 Å². The van der Waals surface area contributed by atoms with Crippen molar-refractivity contribution in [1.29, 1.82) is 0 Å². The molecule has 0 radical (unpaired) electrons. The van der Waals surface area contributed by atoms with E-state index in [1.54, 1.807) is 0 Å². The van der Waals surface area contributed by atoms with Crippen molar-refractivity contribution in [2.24, 2.45) is 0 Å². The number of esters is 1. The summed E-state index contributed by atoms with van der Waals surface area (Å²) >= 11 is 0.893.